The normalized spacial score (nSPS) is 13.0. The number of carbonyl (C=O) groups excluding carboxylic acids is 1. The van der Waals surface area contributed by atoms with Crippen LogP contribution in [-0.2, 0) is 6.42 Å². The van der Waals surface area contributed by atoms with E-state index in [0.717, 1.165) is 38.0 Å². The summed E-state index contributed by atoms with van der Waals surface area (Å²) in [7, 11) is 0. The van der Waals surface area contributed by atoms with Crippen molar-refractivity contribution in [3.63, 3.8) is 0 Å². The minimum Gasteiger partial charge on any atom is -0.351 e. The molecule has 1 aromatic carbocycles. The van der Waals surface area contributed by atoms with E-state index in [4.69, 9.17) is 0 Å². The van der Waals surface area contributed by atoms with Crippen LogP contribution in [0, 0.1) is 0 Å². The molecule has 120 valence electrons. The fourth-order valence-electron chi connectivity index (χ4n) is 2.83. The number of para-hydroxylation sites is 1. The molecule has 0 saturated carbocycles. The number of carbonyl (C=O) groups is 1. The second-order valence-corrected chi connectivity index (χ2v) is 5.77. The molecule has 5 heteroatoms. The van der Waals surface area contributed by atoms with Crippen molar-refractivity contribution in [2.75, 3.05) is 18.0 Å². The SMILES string of the molecule is CCCCCNC(=O)c1ccc(N2CCc3ccccc32)nn1. The lowest BCUT2D eigenvalue weighted by molar-refractivity contribution is 0.0947. The van der Waals surface area contributed by atoms with Gasteiger partial charge in [0.25, 0.3) is 5.91 Å². The molecule has 0 fully saturated rings. The highest BCUT2D eigenvalue weighted by Crippen LogP contribution is 2.32. The van der Waals surface area contributed by atoms with E-state index >= 15 is 0 Å². The molecule has 5 nitrogen and oxygen atoms in total. The van der Waals surface area contributed by atoms with Crippen LogP contribution < -0.4 is 10.2 Å². The Hall–Kier alpha value is -2.43. The summed E-state index contributed by atoms with van der Waals surface area (Å²) >= 11 is 0. The van der Waals surface area contributed by atoms with Crippen molar-refractivity contribution in [1.29, 1.82) is 0 Å². The van der Waals surface area contributed by atoms with Crippen LogP contribution in [0.2, 0.25) is 0 Å². The lowest BCUT2D eigenvalue weighted by atomic mass is 10.2. The predicted molar refractivity (Wildman–Crippen MR) is 91.0 cm³/mol. The van der Waals surface area contributed by atoms with Crippen LogP contribution in [-0.4, -0.2) is 29.2 Å². The number of unbranched alkanes of at least 4 members (excludes halogenated alkanes) is 2. The van der Waals surface area contributed by atoms with Crippen molar-refractivity contribution in [3.8, 4) is 0 Å². The number of hydrogen-bond donors (Lipinski definition) is 1. The molecule has 3 rings (SSSR count). The maximum absolute atomic E-state index is 12.0. The molecule has 1 amide bonds. The zero-order chi connectivity index (χ0) is 16.1. The summed E-state index contributed by atoms with van der Waals surface area (Å²) in [4.78, 5) is 14.2. The van der Waals surface area contributed by atoms with Crippen molar-refractivity contribution in [2.45, 2.75) is 32.6 Å². The number of nitrogens with one attached hydrogen (secondary N) is 1. The van der Waals surface area contributed by atoms with Gasteiger partial charge in [0.15, 0.2) is 11.5 Å². The van der Waals surface area contributed by atoms with Crippen LogP contribution >= 0.6 is 0 Å². The molecule has 1 aliphatic rings. The van der Waals surface area contributed by atoms with E-state index in [1.807, 2.05) is 12.1 Å². The van der Waals surface area contributed by atoms with Gasteiger partial charge in [-0.05, 0) is 36.6 Å². The maximum Gasteiger partial charge on any atom is 0.271 e. The first-order chi connectivity index (χ1) is 11.3. The van der Waals surface area contributed by atoms with Gasteiger partial charge in [-0.3, -0.25) is 4.79 Å². The van der Waals surface area contributed by atoms with Crippen LogP contribution in [0.3, 0.4) is 0 Å². The number of aromatic nitrogens is 2. The van der Waals surface area contributed by atoms with Crippen molar-refractivity contribution < 1.29 is 4.79 Å². The molecule has 23 heavy (non-hydrogen) atoms. The highest BCUT2D eigenvalue weighted by Gasteiger charge is 2.21. The molecule has 2 aromatic rings. The predicted octanol–water partition coefficient (Wildman–Crippen LogP) is 3.09. The summed E-state index contributed by atoms with van der Waals surface area (Å²) < 4.78 is 0. The van der Waals surface area contributed by atoms with Crippen molar-refractivity contribution in [3.05, 3.63) is 47.7 Å². The van der Waals surface area contributed by atoms with E-state index in [1.165, 1.54) is 11.3 Å². The van der Waals surface area contributed by atoms with E-state index in [2.05, 4.69) is 45.5 Å². The third-order valence-electron chi connectivity index (χ3n) is 4.11. The second-order valence-electron chi connectivity index (χ2n) is 5.77. The highest BCUT2D eigenvalue weighted by molar-refractivity contribution is 5.92. The van der Waals surface area contributed by atoms with Gasteiger partial charge in [0.05, 0.1) is 0 Å². The molecule has 1 N–H and O–H groups in total. The third kappa shape index (κ3) is 3.50. The number of amides is 1. The molecule has 0 spiro atoms. The largest absolute Gasteiger partial charge is 0.351 e. The zero-order valence-corrected chi connectivity index (χ0v) is 13.5. The van der Waals surface area contributed by atoms with Crippen LogP contribution in [0.25, 0.3) is 0 Å². The summed E-state index contributed by atoms with van der Waals surface area (Å²) in [6, 6.07) is 11.9. The van der Waals surface area contributed by atoms with Crippen LogP contribution in [0.1, 0.15) is 42.2 Å². The smallest absolute Gasteiger partial charge is 0.271 e. The van der Waals surface area contributed by atoms with Gasteiger partial charge >= 0.3 is 0 Å². The number of benzene rings is 1. The van der Waals surface area contributed by atoms with Gasteiger partial charge in [-0.15, -0.1) is 10.2 Å². The van der Waals surface area contributed by atoms with Crippen LogP contribution in [0.15, 0.2) is 36.4 Å². The molecule has 0 atom stereocenters. The van der Waals surface area contributed by atoms with Gasteiger partial charge < -0.3 is 10.2 Å². The standard InChI is InChI=1S/C18H22N4O/c1-2-3-6-12-19-18(23)15-9-10-17(21-20-15)22-13-11-14-7-4-5-8-16(14)22/h4-5,7-10H,2-3,6,11-13H2,1H3,(H,19,23). The molecule has 1 aliphatic heterocycles. The van der Waals surface area contributed by atoms with Gasteiger partial charge in [0.2, 0.25) is 0 Å². The first-order valence-corrected chi connectivity index (χ1v) is 8.27. The molecule has 0 saturated heterocycles. The Balaban J connectivity index is 1.65. The van der Waals surface area contributed by atoms with Crippen molar-refractivity contribution in [2.24, 2.45) is 0 Å². The van der Waals surface area contributed by atoms with Gasteiger partial charge in [0.1, 0.15) is 0 Å². The van der Waals surface area contributed by atoms with Crippen molar-refractivity contribution >= 4 is 17.4 Å². The average Bonchev–Trinajstić information content (AvgIpc) is 3.03. The summed E-state index contributed by atoms with van der Waals surface area (Å²) in [6.45, 7) is 3.73. The topological polar surface area (TPSA) is 58.1 Å². The molecule has 1 aromatic heterocycles. The van der Waals surface area contributed by atoms with E-state index in [1.54, 1.807) is 6.07 Å². The lowest BCUT2D eigenvalue weighted by Gasteiger charge is -2.17. The van der Waals surface area contributed by atoms with E-state index in [-0.39, 0.29) is 5.91 Å². The lowest BCUT2D eigenvalue weighted by Crippen LogP contribution is -2.26. The van der Waals surface area contributed by atoms with Gasteiger partial charge in [-0.2, -0.15) is 0 Å². The highest BCUT2D eigenvalue weighted by atomic mass is 16.1. The summed E-state index contributed by atoms with van der Waals surface area (Å²) in [5.41, 5.74) is 2.88. The monoisotopic (exact) mass is 310 g/mol. The molecule has 2 heterocycles. The molecule has 0 bridgehead atoms. The Bertz CT molecular complexity index is 669. The van der Waals surface area contributed by atoms with Crippen molar-refractivity contribution in [1.82, 2.24) is 15.5 Å². The van der Waals surface area contributed by atoms with Gasteiger partial charge in [0, 0.05) is 18.8 Å². The van der Waals surface area contributed by atoms with Crippen LogP contribution in [0.5, 0.6) is 0 Å². The molecule has 0 aliphatic carbocycles. The first-order valence-electron chi connectivity index (χ1n) is 8.27. The molecular formula is C18H22N4O. The Morgan fingerprint density at radius 1 is 1.17 bits per heavy atom. The Labute approximate surface area is 136 Å². The summed E-state index contributed by atoms with van der Waals surface area (Å²) in [5, 5.41) is 11.2. The number of hydrogen-bond acceptors (Lipinski definition) is 4. The van der Waals surface area contributed by atoms with E-state index in [0.29, 0.717) is 12.2 Å². The van der Waals surface area contributed by atoms with Gasteiger partial charge in [-0.25, -0.2) is 0 Å². The zero-order valence-electron chi connectivity index (χ0n) is 13.5. The Kier molecular flexibility index (Phi) is 4.86. The first kappa shape index (κ1) is 15.5. The summed E-state index contributed by atoms with van der Waals surface area (Å²) in [6.07, 6.45) is 4.27. The third-order valence-corrected chi connectivity index (χ3v) is 4.11. The summed E-state index contributed by atoms with van der Waals surface area (Å²) in [5.74, 6) is 0.638. The number of rotatable bonds is 6. The maximum atomic E-state index is 12.0. The van der Waals surface area contributed by atoms with E-state index < -0.39 is 0 Å². The number of anilines is 2. The molecular weight excluding hydrogens is 288 g/mol. The Morgan fingerprint density at radius 3 is 2.83 bits per heavy atom. The van der Waals surface area contributed by atoms with Crippen LogP contribution in [0.4, 0.5) is 11.5 Å². The average molecular weight is 310 g/mol. The second kappa shape index (κ2) is 7.22. The molecule has 0 radical (unpaired) electrons. The fourth-order valence-corrected chi connectivity index (χ4v) is 2.83. The van der Waals surface area contributed by atoms with E-state index in [9.17, 15) is 4.79 Å². The number of fused-ring (bicyclic) bond motifs is 1. The fraction of sp³-hybridized carbons (Fsp3) is 0.389. The minimum atomic E-state index is -0.151. The quantitative estimate of drug-likeness (QED) is 0.833. The van der Waals surface area contributed by atoms with Gasteiger partial charge in [-0.1, -0.05) is 38.0 Å². The molecule has 0 unspecified atom stereocenters. The number of nitrogens with zero attached hydrogens (tertiary/aromatic N) is 3. The minimum absolute atomic E-state index is 0.151. The Morgan fingerprint density at radius 2 is 2.04 bits per heavy atom.